The lowest BCUT2D eigenvalue weighted by Gasteiger charge is -2.20. The lowest BCUT2D eigenvalue weighted by Crippen LogP contribution is -2.15. The number of hydrogen-bond acceptors (Lipinski definition) is 3. The van der Waals surface area contributed by atoms with Crippen LogP contribution in [-0.2, 0) is 10.6 Å². The zero-order valence-corrected chi connectivity index (χ0v) is 14.5. The van der Waals surface area contributed by atoms with Gasteiger partial charge < -0.3 is 15.2 Å². The Morgan fingerprint density at radius 1 is 1.21 bits per heavy atom. The monoisotopic (exact) mass is 347 g/mol. The highest BCUT2D eigenvalue weighted by atomic mass is 35.5. The molecule has 0 radical (unpaired) electrons. The van der Waals surface area contributed by atoms with Gasteiger partial charge in [-0.25, -0.2) is 4.79 Å². The second-order valence-corrected chi connectivity index (χ2v) is 5.82. The molecule has 0 aromatic heterocycles. The molecule has 4 nitrogen and oxygen atoms in total. The summed E-state index contributed by atoms with van der Waals surface area (Å²) in [4.78, 5) is 10.7. The fourth-order valence-corrected chi connectivity index (χ4v) is 2.76. The van der Waals surface area contributed by atoms with Crippen LogP contribution < -0.4 is 10.5 Å². The Labute approximate surface area is 147 Å². The van der Waals surface area contributed by atoms with Gasteiger partial charge in [-0.3, -0.25) is 0 Å². The summed E-state index contributed by atoms with van der Waals surface area (Å²) < 4.78 is 11.0. The van der Waals surface area contributed by atoms with Gasteiger partial charge in [0, 0.05) is 5.88 Å². The number of carbonyl (C=O) groups excluding carboxylic acids is 1. The van der Waals surface area contributed by atoms with Crippen LogP contribution in [0.15, 0.2) is 48.5 Å². The molecule has 1 amide bonds. The molecule has 0 bridgehead atoms. The van der Waals surface area contributed by atoms with E-state index in [0.29, 0.717) is 18.7 Å². The number of hydrogen-bond donors (Lipinski definition) is 1. The second-order valence-electron chi connectivity index (χ2n) is 5.55. The largest absolute Gasteiger partial charge is 0.486 e. The van der Waals surface area contributed by atoms with Crippen molar-refractivity contribution in [3.05, 3.63) is 65.2 Å². The minimum Gasteiger partial charge on any atom is -0.486 e. The number of amides is 1. The van der Waals surface area contributed by atoms with Crippen molar-refractivity contribution in [1.29, 1.82) is 0 Å². The first-order valence-corrected chi connectivity index (χ1v) is 8.43. The van der Waals surface area contributed by atoms with Crippen molar-refractivity contribution < 1.29 is 14.3 Å². The highest BCUT2D eigenvalue weighted by molar-refractivity contribution is 6.17. The Hall–Kier alpha value is -2.20. The molecule has 0 fully saturated rings. The third-order valence-corrected chi connectivity index (χ3v) is 4.05. The van der Waals surface area contributed by atoms with Gasteiger partial charge in [0.2, 0.25) is 0 Å². The minimum atomic E-state index is -0.750. The Kier molecular flexibility index (Phi) is 6.94. The van der Waals surface area contributed by atoms with Gasteiger partial charge in [-0.1, -0.05) is 36.4 Å². The number of ether oxygens (including phenoxy) is 2. The van der Waals surface area contributed by atoms with Crippen molar-refractivity contribution in [2.45, 2.75) is 31.7 Å². The number of benzene rings is 2. The van der Waals surface area contributed by atoms with E-state index >= 15 is 0 Å². The number of primary amides is 1. The fraction of sp³-hybridized carbons (Fsp3) is 0.316. The zero-order valence-electron chi connectivity index (χ0n) is 13.7. The predicted molar refractivity (Wildman–Crippen MR) is 95.3 cm³/mol. The molecule has 2 N–H and O–H groups in total. The maximum Gasteiger partial charge on any atom is 0.404 e. The van der Waals surface area contributed by atoms with E-state index in [9.17, 15) is 4.79 Å². The van der Waals surface area contributed by atoms with Gasteiger partial charge in [-0.15, -0.1) is 11.6 Å². The molecule has 5 heteroatoms. The average molecular weight is 348 g/mol. The average Bonchev–Trinajstić information content (AvgIpc) is 2.58. The summed E-state index contributed by atoms with van der Waals surface area (Å²) in [6.45, 7) is 2.30. The van der Waals surface area contributed by atoms with Crippen LogP contribution in [0.5, 0.6) is 5.75 Å². The van der Waals surface area contributed by atoms with E-state index in [4.69, 9.17) is 26.8 Å². The molecule has 24 heavy (non-hydrogen) atoms. The minimum absolute atomic E-state index is 0.121. The van der Waals surface area contributed by atoms with Gasteiger partial charge >= 0.3 is 6.09 Å². The van der Waals surface area contributed by atoms with Crippen molar-refractivity contribution in [1.82, 2.24) is 0 Å². The summed E-state index contributed by atoms with van der Waals surface area (Å²) in [5, 5.41) is 0. The lowest BCUT2D eigenvalue weighted by atomic mass is 10.0. The van der Waals surface area contributed by atoms with E-state index in [2.05, 4.69) is 0 Å². The number of rotatable bonds is 8. The van der Waals surface area contributed by atoms with Gasteiger partial charge in [0.05, 0.1) is 6.61 Å². The van der Waals surface area contributed by atoms with Crippen LogP contribution in [-0.4, -0.2) is 12.7 Å². The van der Waals surface area contributed by atoms with Gasteiger partial charge in [0.1, 0.15) is 11.9 Å². The molecular weight excluding hydrogens is 326 g/mol. The Morgan fingerprint density at radius 2 is 1.96 bits per heavy atom. The van der Waals surface area contributed by atoms with Crippen molar-refractivity contribution in [2.75, 3.05) is 6.61 Å². The highest BCUT2D eigenvalue weighted by Gasteiger charge is 2.14. The number of aryl methyl sites for hydroxylation is 1. The van der Waals surface area contributed by atoms with Crippen LogP contribution in [0.3, 0.4) is 0 Å². The highest BCUT2D eigenvalue weighted by Crippen LogP contribution is 2.27. The van der Waals surface area contributed by atoms with Crippen LogP contribution >= 0.6 is 11.6 Å². The number of carbonyl (C=O) groups is 1. The van der Waals surface area contributed by atoms with Crippen molar-refractivity contribution in [2.24, 2.45) is 5.73 Å². The second kappa shape index (κ2) is 9.18. The molecule has 2 aromatic rings. The van der Waals surface area contributed by atoms with Gasteiger partial charge in [-0.05, 0) is 48.6 Å². The van der Waals surface area contributed by atoms with E-state index in [1.807, 2.05) is 55.5 Å². The van der Waals surface area contributed by atoms with E-state index in [0.717, 1.165) is 22.4 Å². The molecule has 0 heterocycles. The Balaban J connectivity index is 2.08. The molecule has 0 aliphatic carbocycles. The van der Waals surface area contributed by atoms with Crippen LogP contribution in [0, 0.1) is 6.92 Å². The normalized spacial score (nSPS) is 11.8. The summed E-state index contributed by atoms with van der Waals surface area (Å²) in [5.74, 6) is 1.28. The van der Waals surface area contributed by atoms with Crippen molar-refractivity contribution in [3.8, 4) is 5.75 Å². The molecule has 0 spiro atoms. The van der Waals surface area contributed by atoms with E-state index < -0.39 is 6.09 Å². The molecule has 2 aromatic carbocycles. The van der Waals surface area contributed by atoms with E-state index in [1.165, 1.54) is 0 Å². The standard InChI is InChI=1S/C19H22ClNO3/c1-14-12-17(10-9-16(14)13-20)24-18(8-5-11-23-19(21)22)15-6-3-2-4-7-15/h2-4,6-7,9-10,12,18H,5,8,11,13H2,1H3,(H2,21,22). The third kappa shape index (κ3) is 5.46. The molecule has 0 saturated carbocycles. The van der Waals surface area contributed by atoms with E-state index in [-0.39, 0.29) is 12.7 Å². The topological polar surface area (TPSA) is 61.6 Å². The number of nitrogens with two attached hydrogens (primary N) is 1. The quantitative estimate of drug-likeness (QED) is 0.554. The predicted octanol–water partition coefficient (Wildman–Crippen LogP) is 4.73. The summed E-state index contributed by atoms with van der Waals surface area (Å²) in [5.41, 5.74) is 8.26. The lowest BCUT2D eigenvalue weighted by molar-refractivity contribution is 0.140. The van der Waals surface area contributed by atoms with Gasteiger partial charge in [-0.2, -0.15) is 0 Å². The third-order valence-electron chi connectivity index (χ3n) is 3.76. The molecule has 128 valence electrons. The first-order chi connectivity index (χ1) is 11.6. The summed E-state index contributed by atoms with van der Waals surface area (Å²) in [7, 11) is 0. The zero-order chi connectivity index (χ0) is 17.4. The Morgan fingerprint density at radius 3 is 2.58 bits per heavy atom. The smallest absolute Gasteiger partial charge is 0.404 e. The number of alkyl halides is 1. The van der Waals surface area contributed by atoms with Crippen molar-refractivity contribution >= 4 is 17.7 Å². The van der Waals surface area contributed by atoms with Crippen LogP contribution in [0.4, 0.5) is 4.79 Å². The molecule has 1 unspecified atom stereocenters. The first kappa shape index (κ1) is 18.1. The summed E-state index contributed by atoms with van der Waals surface area (Å²) >= 11 is 5.90. The Bertz CT molecular complexity index is 661. The SMILES string of the molecule is Cc1cc(OC(CCCOC(N)=O)c2ccccc2)ccc1CCl. The van der Waals surface area contributed by atoms with Crippen LogP contribution in [0.25, 0.3) is 0 Å². The van der Waals surface area contributed by atoms with Crippen molar-refractivity contribution in [3.63, 3.8) is 0 Å². The summed E-state index contributed by atoms with van der Waals surface area (Å²) in [6, 6.07) is 15.9. The van der Waals surface area contributed by atoms with Crippen LogP contribution in [0.2, 0.25) is 0 Å². The molecule has 0 aliphatic heterocycles. The molecule has 0 saturated heterocycles. The maximum absolute atomic E-state index is 10.7. The summed E-state index contributed by atoms with van der Waals surface area (Å²) in [6.07, 6.45) is 0.512. The number of halogens is 1. The van der Waals surface area contributed by atoms with Crippen LogP contribution in [0.1, 0.15) is 35.6 Å². The maximum atomic E-state index is 10.7. The molecular formula is C19H22ClNO3. The molecule has 0 aliphatic rings. The van der Waals surface area contributed by atoms with E-state index in [1.54, 1.807) is 0 Å². The molecule has 2 rings (SSSR count). The molecule has 1 atom stereocenters. The fourth-order valence-electron chi connectivity index (χ4n) is 2.46. The van der Waals surface area contributed by atoms with Gasteiger partial charge in [0.15, 0.2) is 0 Å². The first-order valence-electron chi connectivity index (χ1n) is 7.89. The van der Waals surface area contributed by atoms with Gasteiger partial charge in [0.25, 0.3) is 0 Å².